The maximum atomic E-state index is 13.7. The monoisotopic (exact) mass is 357 g/mol. The Bertz CT molecular complexity index is 654. The normalized spacial score (nSPS) is 13.5. The Morgan fingerprint density at radius 1 is 1.19 bits per heavy atom. The number of thiophene rings is 1. The molecule has 0 aliphatic heterocycles. The van der Waals surface area contributed by atoms with E-state index in [4.69, 9.17) is 23.2 Å². The van der Waals surface area contributed by atoms with E-state index in [9.17, 15) is 17.6 Å². The number of nitrogens with one attached hydrogen (secondary N) is 1. The van der Waals surface area contributed by atoms with Gasteiger partial charge in [0.25, 0.3) is 0 Å². The fourth-order valence-electron chi connectivity index (χ4n) is 1.99. The van der Waals surface area contributed by atoms with Crippen molar-refractivity contribution in [2.24, 2.45) is 0 Å². The Hall–Kier alpha value is -0.820. The third kappa shape index (κ3) is 3.51. The first-order valence-corrected chi connectivity index (χ1v) is 7.30. The molecule has 0 saturated carbocycles. The highest BCUT2D eigenvalue weighted by Gasteiger charge is 2.34. The highest BCUT2D eigenvalue weighted by Crippen LogP contribution is 2.38. The lowest BCUT2D eigenvalue weighted by Gasteiger charge is -2.17. The molecule has 0 radical (unpaired) electrons. The first-order valence-electron chi connectivity index (χ1n) is 5.72. The lowest BCUT2D eigenvalue weighted by molar-refractivity contribution is -0.140. The number of alkyl halides is 3. The van der Waals surface area contributed by atoms with Gasteiger partial charge in [-0.2, -0.15) is 13.2 Å². The zero-order valence-corrected chi connectivity index (χ0v) is 12.9. The quantitative estimate of drug-likeness (QED) is 0.713. The van der Waals surface area contributed by atoms with Crippen LogP contribution in [0.3, 0.4) is 0 Å². The van der Waals surface area contributed by atoms with Gasteiger partial charge in [0.15, 0.2) is 0 Å². The molecule has 0 aliphatic carbocycles. The minimum Gasteiger partial charge on any atom is -0.309 e. The SMILES string of the molecule is CNC(c1ccc(C(F)(F)F)c(F)c1)c1cc(Cl)sc1Cl. The molecule has 1 aromatic heterocycles. The Morgan fingerprint density at radius 2 is 1.86 bits per heavy atom. The predicted octanol–water partition coefficient (Wildman–Crippen LogP) is 5.52. The van der Waals surface area contributed by atoms with Crippen molar-refractivity contribution in [2.45, 2.75) is 12.2 Å². The molecule has 1 unspecified atom stereocenters. The second kappa shape index (κ2) is 6.12. The van der Waals surface area contributed by atoms with Crippen LogP contribution in [0.5, 0.6) is 0 Å². The summed E-state index contributed by atoms with van der Waals surface area (Å²) in [4.78, 5) is 0. The summed E-state index contributed by atoms with van der Waals surface area (Å²) < 4.78 is 52.2. The fourth-order valence-corrected chi connectivity index (χ4v) is 3.52. The first kappa shape index (κ1) is 16.5. The summed E-state index contributed by atoms with van der Waals surface area (Å²) in [7, 11) is 1.60. The molecule has 1 atom stereocenters. The molecule has 0 spiro atoms. The van der Waals surface area contributed by atoms with Crippen LogP contribution >= 0.6 is 34.5 Å². The smallest absolute Gasteiger partial charge is 0.309 e. The summed E-state index contributed by atoms with van der Waals surface area (Å²) in [5.41, 5.74) is -0.372. The first-order chi connectivity index (χ1) is 9.74. The number of rotatable bonds is 3. The molecule has 0 aliphatic rings. The van der Waals surface area contributed by atoms with E-state index in [1.54, 1.807) is 13.1 Å². The Balaban J connectivity index is 2.45. The highest BCUT2D eigenvalue weighted by molar-refractivity contribution is 7.20. The predicted molar refractivity (Wildman–Crippen MR) is 76.6 cm³/mol. The average molecular weight is 358 g/mol. The molecular weight excluding hydrogens is 349 g/mol. The van der Waals surface area contributed by atoms with Crippen molar-refractivity contribution in [2.75, 3.05) is 7.05 Å². The van der Waals surface area contributed by atoms with Gasteiger partial charge in [0, 0.05) is 5.56 Å². The molecule has 1 nitrogen and oxygen atoms in total. The van der Waals surface area contributed by atoms with Gasteiger partial charge in [-0.1, -0.05) is 29.3 Å². The molecule has 1 heterocycles. The van der Waals surface area contributed by atoms with Crippen LogP contribution in [0.2, 0.25) is 8.67 Å². The van der Waals surface area contributed by atoms with Crippen molar-refractivity contribution < 1.29 is 17.6 Å². The minimum atomic E-state index is -4.72. The van der Waals surface area contributed by atoms with Crippen LogP contribution in [0.4, 0.5) is 17.6 Å². The number of hydrogen-bond acceptors (Lipinski definition) is 2. The summed E-state index contributed by atoms with van der Waals surface area (Å²) in [5, 5.41) is 2.89. The zero-order chi connectivity index (χ0) is 15.8. The standard InChI is InChI=1S/C13H9Cl2F4NS/c1-20-11(7-5-10(14)21-12(7)15)6-2-3-8(9(16)4-6)13(17,18)19/h2-5,11,20H,1H3. The molecule has 21 heavy (non-hydrogen) atoms. The van der Waals surface area contributed by atoms with E-state index >= 15 is 0 Å². The molecule has 0 amide bonds. The Labute approximate surface area is 132 Å². The van der Waals surface area contributed by atoms with Gasteiger partial charge in [-0.15, -0.1) is 11.3 Å². The fraction of sp³-hybridized carbons (Fsp3) is 0.231. The van der Waals surface area contributed by atoms with Crippen molar-refractivity contribution in [1.29, 1.82) is 0 Å². The largest absolute Gasteiger partial charge is 0.419 e. The van der Waals surface area contributed by atoms with E-state index in [1.807, 2.05) is 0 Å². The van der Waals surface area contributed by atoms with Gasteiger partial charge < -0.3 is 5.32 Å². The van der Waals surface area contributed by atoms with Gasteiger partial charge in [0.1, 0.15) is 5.82 Å². The van der Waals surface area contributed by atoms with Gasteiger partial charge >= 0.3 is 6.18 Å². The molecule has 114 valence electrons. The van der Waals surface area contributed by atoms with Crippen LogP contribution in [0.15, 0.2) is 24.3 Å². The maximum Gasteiger partial charge on any atom is 0.419 e. The summed E-state index contributed by atoms with van der Waals surface area (Å²) in [6.07, 6.45) is -4.72. The van der Waals surface area contributed by atoms with Gasteiger partial charge in [0.2, 0.25) is 0 Å². The highest BCUT2D eigenvalue weighted by atomic mass is 35.5. The van der Waals surface area contributed by atoms with Crippen molar-refractivity contribution in [3.8, 4) is 0 Å². The third-order valence-corrected chi connectivity index (χ3v) is 4.43. The summed E-state index contributed by atoms with van der Waals surface area (Å²) in [6.45, 7) is 0. The van der Waals surface area contributed by atoms with Gasteiger partial charge in [-0.25, -0.2) is 4.39 Å². The van der Waals surface area contributed by atoms with E-state index in [0.717, 1.165) is 23.5 Å². The van der Waals surface area contributed by atoms with Crippen molar-refractivity contribution >= 4 is 34.5 Å². The van der Waals surface area contributed by atoms with Gasteiger partial charge in [-0.3, -0.25) is 0 Å². The summed E-state index contributed by atoms with van der Waals surface area (Å²) in [5.74, 6) is -1.32. The number of benzene rings is 1. The Kier molecular flexibility index (Phi) is 4.82. The molecule has 0 fully saturated rings. The average Bonchev–Trinajstić information content (AvgIpc) is 2.68. The molecule has 2 aromatic rings. The van der Waals surface area contributed by atoms with Crippen molar-refractivity contribution in [3.05, 3.63) is 55.4 Å². The molecule has 0 saturated heterocycles. The topological polar surface area (TPSA) is 12.0 Å². The molecular formula is C13H9Cl2F4NS. The lowest BCUT2D eigenvalue weighted by Crippen LogP contribution is -2.18. The van der Waals surface area contributed by atoms with E-state index in [-0.39, 0.29) is 0 Å². The van der Waals surface area contributed by atoms with Crippen LogP contribution < -0.4 is 5.32 Å². The van der Waals surface area contributed by atoms with E-state index in [0.29, 0.717) is 19.8 Å². The van der Waals surface area contributed by atoms with E-state index in [1.165, 1.54) is 6.07 Å². The zero-order valence-electron chi connectivity index (χ0n) is 10.6. The van der Waals surface area contributed by atoms with Gasteiger partial charge in [-0.05, 0) is 30.8 Å². The number of hydrogen-bond donors (Lipinski definition) is 1. The van der Waals surface area contributed by atoms with Crippen molar-refractivity contribution in [1.82, 2.24) is 5.32 Å². The second-order valence-corrected chi connectivity index (χ2v) is 6.52. The maximum absolute atomic E-state index is 13.7. The minimum absolute atomic E-state index is 0.333. The Morgan fingerprint density at radius 3 is 2.29 bits per heavy atom. The van der Waals surface area contributed by atoms with Crippen LogP contribution in [0.25, 0.3) is 0 Å². The molecule has 2 rings (SSSR count). The number of halogens is 6. The van der Waals surface area contributed by atoms with Crippen LogP contribution in [-0.4, -0.2) is 7.05 Å². The van der Waals surface area contributed by atoms with Crippen LogP contribution in [0.1, 0.15) is 22.7 Å². The van der Waals surface area contributed by atoms with E-state index in [2.05, 4.69) is 5.32 Å². The van der Waals surface area contributed by atoms with Gasteiger partial charge in [0.05, 0.1) is 20.3 Å². The third-order valence-electron chi connectivity index (χ3n) is 2.91. The van der Waals surface area contributed by atoms with Crippen LogP contribution in [-0.2, 0) is 6.18 Å². The van der Waals surface area contributed by atoms with Crippen LogP contribution in [0, 0.1) is 5.82 Å². The molecule has 8 heteroatoms. The lowest BCUT2D eigenvalue weighted by atomic mass is 9.99. The molecule has 1 aromatic carbocycles. The van der Waals surface area contributed by atoms with Crippen molar-refractivity contribution in [3.63, 3.8) is 0 Å². The molecule has 1 N–H and O–H groups in total. The summed E-state index contributed by atoms with van der Waals surface area (Å²) in [6, 6.07) is 3.85. The van der Waals surface area contributed by atoms with E-state index < -0.39 is 23.6 Å². The molecule has 0 bridgehead atoms. The summed E-state index contributed by atoms with van der Waals surface area (Å²) >= 11 is 13.0. The second-order valence-electron chi connectivity index (χ2n) is 4.24.